The van der Waals surface area contributed by atoms with Gasteiger partial charge in [-0.3, -0.25) is 14.5 Å². The van der Waals surface area contributed by atoms with Crippen LogP contribution in [0, 0.1) is 18.7 Å². The van der Waals surface area contributed by atoms with Crippen molar-refractivity contribution in [2.45, 2.75) is 102 Å². The monoisotopic (exact) mass is 521 g/mol. The van der Waals surface area contributed by atoms with Gasteiger partial charge in [0.25, 0.3) is 0 Å². The van der Waals surface area contributed by atoms with Gasteiger partial charge in [-0.1, -0.05) is 18.6 Å². The van der Waals surface area contributed by atoms with Crippen LogP contribution in [0.4, 0.5) is 4.39 Å². The van der Waals surface area contributed by atoms with Crippen LogP contribution < -0.4 is 5.32 Å². The maximum atomic E-state index is 13.9. The van der Waals surface area contributed by atoms with Crippen LogP contribution in [0.15, 0.2) is 24.3 Å². The molecule has 1 N–H and O–H groups in total. The molecule has 3 fully saturated rings. The number of nitrogens with one attached hydrogen (secondary N) is 1. The highest BCUT2D eigenvalue weighted by Crippen LogP contribution is 2.43. The topological polar surface area (TPSA) is 70.5 Å². The number of aryl methyl sites for hydroxylation is 1. The Hall–Kier alpha value is -2.74. The van der Waals surface area contributed by atoms with Crippen molar-refractivity contribution in [3.05, 3.63) is 52.9 Å². The number of carbonyl (C=O) groups excluding carboxylic acids is 2. The number of rotatable bonds is 7. The average Bonchev–Trinajstić information content (AvgIpc) is 3.30. The van der Waals surface area contributed by atoms with E-state index < -0.39 is 0 Å². The van der Waals surface area contributed by atoms with Crippen molar-refractivity contribution in [2.24, 2.45) is 5.92 Å². The highest BCUT2D eigenvalue weighted by molar-refractivity contribution is 5.79. The molecule has 38 heavy (non-hydrogen) atoms. The van der Waals surface area contributed by atoms with Crippen molar-refractivity contribution in [3.8, 4) is 0 Å². The standard InChI is InChI=1S/C30H40FN5O2/c1-19-32-28-18-34(30(38)21-5-3-6-21)13-12-29(28)36(19)26-16-24-9-10-25(17-26)35(24)14-11-27(33-20(2)37)22-7-4-8-23(31)15-22/h4,7-8,15,21,24-27H,3,5-6,9-14,16-18H2,1-2H3,(H,33,37)/t24?,25?,26?,27-/m0/s1. The quantitative estimate of drug-likeness (QED) is 0.585. The second-order valence-electron chi connectivity index (χ2n) is 11.9. The Morgan fingerprint density at radius 3 is 2.55 bits per heavy atom. The molecule has 4 aliphatic rings. The summed E-state index contributed by atoms with van der Waals surface area (Å²) in [6.07, 6.45) is 9.56. The number of hydrogen-bond donors (Lipinski definition) is 1. The van der Waals surface area contributed by atoms with Crippen LogP contribution in [-0.4, -0.2) is 56.3 Å². The first-order valence-electron chi connectivity index (χ1n) is 14.5. The number of amides is 2. The van der Waals surface area contributed by atoms with Crippen LogP contribution >= 0.6 is 0 Å². The molecule has 2 bridgehead atoms. The van der Waals surface area contributed by atoms with E-state index in [0.29, 0.717) is 30.6 Å². The van der Waals surface area contributed by atoms with Gasteiger partial charge in [0.15, 0.2) is 0 Å². The molecule has 1 aromatic heterocycles. The molecule has 2 amide bonds. The summed E-state index contributed by atoms with van der Waals surface area (Å²) in [5, 5.41) is 3.04. The molecule has 7 nitrogen and oxygen atoms in total. The van der Waals surface area contributed by atoms with E-state index in [9.17, 15) is 14.0 Å². The zero-order valence-electron chi connectivity index (χ0n) is 22.7. The second-order valence-corrected chi connectivity index (χ2v) is 11.9. The molecular weight excluding hydrogens is 481 g/mol. The van der Waals surface area contributed by atoms with E-state index in [1.54, 1.807) is 6.07 Å². The number of benzene rings is 1. The lowest BCUT2D eigenvalue weighted by Crippen LogP contribution is -2.45. The van der Waals surface area contributed by atoms with Crippen LogP contribution in [0.2, 0.25) is 0 Å². The van der Waals surface area contributed by atoms with Crippen LogP contribution in [0.25, 0.3) is 0 Å². The van der Waals surface area contributed by atoms with Crippen molar-refractivity contribution in [1.29, 1.82) is 0 Å². The molecule has 4 heterocycles. The molecule has 6 rings (SSSR count). The number of piperidine rings is 1. The summed E-state index contributed by atoms with van der Waals surface area (Å²) in [4.78, 5) is 34.4. The molecule has 3 atom stereocenters. The van der Waals surface area contributed by atoms with E-state index in [1.165, 1.54) is 44.0 Å². The number of nitrogens with zero attached hydrogens (tertiary/aromatic N) is 4. The number of halogens is 1. The van der Waals surface area contributed by atoms with Gasteiger partial charge < -0.3 is 14.8 Å². The zero-order valence-corrected chi connectivity index (χ0v) is 22.7. The lowest BCUT2D eigenvalue weighted by atomic mass is 9.84. The van der Waals surface area contributed by atoms with Gasteiger partial charge in [-0.15, -0.1) is 0 Å². The Kier molecular flexibility index (Phi) is 7.01. The highest BCUT2D eigenvalue weighted by atomic mass is 19.1. The van der Waals surface area contributed by atoms with E-state index in [1.807, 2.05) is 11.0 Å². The maximum absolute atomic E-state index is 13.9. The minimum absolute atomic E-state index is 0.0887. The summed E-state index contributed by atoms with van der Waals surface area (Å²) in [5.41, 5.74) is 3.27. The van der Waals surface area contributed by atoms with Gasteiger partial charge >= 0.3 is 0 Å². The fourth-order valence-corrected chi connectivity index (χ4v) is 7.52. The summed E-state index contributed by atoms with van der Waals surface area (Å²) in [6, 6.07) is 7.88. The molecule has 8 heteroatoms. The van der Waals surface area contributed by atoms with Gasteiger partial charge in [0.2, 0.25) is 11.8 Å². The number of aromatic nitrogens is 2. The van der Waals surface area contributed by atoms with Crippen molar-refractivity contribution in [3.63, 3.8) is 0 Å². The predicted molar refractivity (Wildman–Crippen MR) is 143 cm³/mol. The van der Waals surface area contributed by atoms with Crippen molar-refractivity contribution < 1.29 is 14.0 Å². The third-order valence-corrected chi connectivity index (χ3v) is 9.52. The van der Waals surface area contributed by atoms with E-state index in [-0.39, 0.29) is 23.7 Å². The molecule has 2 aromatic rings. The molecule has 2 saturated heterocycles. The molecule has 0 radical (unpaired) electrons. The molecule has 1 aromatic carbocycles. The highest BCUT2D eigenvalue weighted by Gasteiger charge is 2.43. The Morgan fingerprint density at radius 2 is 1.89 bits per heavy atom. The van der Waals surface area contributed by atoms with Crippen LogP contribution in [0.3, 0.4) is 0 Å². The van der Waals surface area contributed by atoms with Crippen LogP contribution in [0.1, 0.15) is 93.1 Å². The van der Waals surface area contributed by atoms with Gasteiger partial charge in [-0.05, 0) is 69.6 Å². The van der Waals surface area contributed by atoms with Gasteiger partial charge in [0, 0.05) is 56.2 Å². The van der Waals surface area contributed by atoms with Crippen LogP contribution in [0.5, 0.6) is 0 Å². The minimum atomic E-state index is -0.270. The van der Waals surface area contributed by atoms with Gasteiger partial charge in [-0.25, -0.2) is 9.37 Å². The summed E-state index contributed by atoms with van der Waals surface area (Å²) in [6.45, 7) is 6.02. The van der Waals surface area contributed by atoms with Gasteiger partial charge in [0.1, 0.15) is 11.6 Å². The van der Waals surface area contributed by atoms with Crippen LogP contribution in [-0.2, 0) is 22.6 Å². The minimum Gasteiger partial charge on any atom is -0.349 e. The molecule has 3 aliphatic heterocycles. The molecule has 2 unspecified atom stereocenters. The third kappa shape index (κ3) is 4.88. The Bertz CT molecular complexity index is 1190. The predicted octanol–water partition coefficient (Wildman–Crippen LogP) is 4.45. The number of fused-ring (bicyclic) bond motifs is 3. The Labute approximate surface area is 224 Å². The Balaban J connectivity index is 1.12. The average molecular weight is 522 g/mol. The van der Waals surface area contributed by atoms with Crippen molar-refractivity contribution in [1.82, 2.24) is 24.7 Å². The first-order chi connectivity index (χ1) is 18.4. The fraction of sp³-hybridized carbons (Fsp3) is 0.633. The molecule has 204 valence electrons. The molecule has 0 spiro atoms. The summed E-state index contributed by atoms with van der Waals surface area (Å²) in [5.74, 6) is 1.30. The molecule has 1 saturated carbocycles. The smallest absolute Gasteiger partial charge is 0.226 e. The lowest BCUT2D eigenvalue weighted by molar-refractivity contribution is -0.139. The summed E-state index contributed by atoms with van der Waals surface area (Å²) >= 11 is 0. The number of imidazole rings is 1. The first kappa shape index (κ1) is 25.5. The second kappa shape index (κ2) is 10.4. The Morgan fingerprint density at radius 1 is 1.13 bits per heavy atom. The van der Waals surface area contributed by atoms with Crippen molar-refractivity contribution in [2.75, 3.05) is 13.1 Å². The van der Waals surface area contributed by atoms with Crippen molar-refractivity contribution >= 4 is 11.8 Å². The van der Waals surface area contributed by atoms with Gasteiger partial charge in [0.05, 0.1) is 18.3 Å². The largest absolute Gasteiger partial charge is 0.349 e. The molecular formula is C30H40FN5O2. The van der Waals surface area contributed by atoms with Gasteiger partial charge in [-0.2, -0.15) is 0 Å². The van der Waals surface area contributed by atoms with E-state index in [4.69, 9.17) is 4.98 Å². The number of hydrogen-bond acceptors (Lipinski definition) is 4. The summed E-state index contributed by atoms with van der Waals surface area (Å²) in [7, 11) is 0. The SMILES string of the molecule is CC(=O)N[C@@H](CCN1C2CCC1CC(n1c(C)nc3c1CCN(C(=O)C1CCC1)C3)C2)c1cccc(F)c1. The van der Waals surface area contributed by atoms with E-state index in [0.717, 1.165) is 68.7 Å². The fourth-order valence-electron chi connectivity index (χ4n) is 7.52. The van der Waals surface area contributed by atoms with E-state index in [2.05, 4.69) is 21.7 Å². The lowest BCUT2D eigenvalue weighted by Gasteiger charge is -2.41. The normalized spacial score (nSPS) is 26.1. The third-order valence-electron chi connectivity index (χ3n) is 9.52. The zero-order chi connectivity index (χ0) is 26.4. The molecule has 1 aliphatic carbocycles. The summed E-state index contributed by atoms with van der Waals surface area (Å²) < 4.78 is 16.4. The first-order valence-corrected chi connectivity index (χ1v) is 14.5. The number of carbonyl (C=O) groups is 2. The maximum Gasteiger partial charge on any atom is 0.226 e. The van der Waals surface area contributed by atoms with E-state index >= 15 is 0 Å².